The Morgan fingerprint density at radius 2 is 1.88 bits per heavy atom. The van der Waals surface area contributed by atoms with Gasteiger partial charge in [0.05, 0.1) is 20.3 Å². The molecule has 0 saturated heterocycles. The van der Waals surface area contributed by atoms with E-state index in [9.17, 15) is 18.0 Å². The maximum atomic E-state index is 14.0. The molecule has 2 N–H and O–H groups in total. The molecule has 3 aromatic rings. The Bertz CT molecular complexity index is 1230. The molecule has 11 heteroatoms. The number of carbonyl (C=O) groups is 1. The van der Waals surface area contributed by atoms with Gasteiger partial charge in [0.25, 0.3) is 5.91 Å². The highest BCUT2D eigenvalue weighted by molar-refractivity contribution is 6.31. The van der Waals surface area contributed by atoms with Gasteiger partial charge in [0.1, 0.15) is 5.82 Å². The molecule has 34 heavy (non-hydrogen) atoms. The fraction of sp³-hybridized carbons (Fsp3) is 0.304. The maximum Gasteiger partial charge on any atom is 0.410 e. The predicted molar refractivity (Wildman–Crippen MR) is 122 cm³/mol. The lowest BCUT2D eigenvalue weighted by Crippen LogP contribution is -2.35. The van der Waals surface area contributed by atoms with Gasteiger partial charge in [-0.25, -0.2) is 4.68 Å². The molecule has 2 atom stereocenters. The second kappa shape index (κ2) is 9.09. The van der Waals surface area contributed by atoms with Gasteiger partial charge < -0.3 is 20.1 Å². The maximum absolute atomic E-state index is 14.0. The largest absolute Gasteiger partial charge is 0.493 e. The zero-order valence-electron chi connectivity index (χ0n) is 18.5. The molecule has 0 saturated carbocycles. The quantitative estimate of drug-likeness (QED) is 0.470. The van der Waals surface area contributed by atoms with E-state index in [1.54, 1.807) is 36.4 Å². The van der Waals surface area contributed by atoms with Crippen molar-refractivity contribution in [2.24, 2.45) is 0 Å². The number of hydrogen-bond acceptors (Lipinski definition) is 5. The van der Waals surface area contributed by atoms with Crippen LogP contribution in [0.25, 0.3) is 0 Å². The highest BCUT2D eigenvalue weighted by Crippen LogP contribution is 2.44. The fourth-order valence-electron chi connectivity index (χ4n) is 3.84. The molecule has 7 nitrogen and oxygen atoms in total. The number of aromatic nitrogens is 2. The van der Waals surface area contributed by atoms with Gasteiger partial charge in [-0.2, -0.15) is 18.3 Å². The van der Waals surface area contributed by atoms with Crippen LogP contribution in [0.1, 0.15) is 40.1 Å². The monoisotopic (exact) mass is 494 g/mol. The number of methoxy groups -OCH3 is 2. The van der Waals surface area contributed by atoms with E-state index in [2.05, 4.69) is 15.7 Å². The smallest absolute Gasteiger partial charge is 0.410 e. The summed E-state index contributed by atoms with van der Waals surface area (Å²) >= 11 is 6.09. The van der Waals surface area contributed by atoms with E-state index < -0.39 is 24.2 Å². The van der Waals surface area contributed by atoms with Gasteiger partial charge in [-0.3, -0.25) is 4.79 Å². The minimum absolute atomic E-state index is 0.0837. The lowest BCUT2D eigenvalue weighted by atomic mass is 9.96. The predicted octanol–water partition coefficient (Wildman–Crippen LogP) is 5.77. The zero-order chi connectivity index (χ0) is 24.6. The van der Waals surface area contributed by atoms with Gasteiger partial charge in [-0.1, -0.05) is 23.7 Å². The molecule has 0 radical (unpaired) electrons. The number of halogens is 4. The SMILES string of the molecule is COc1ccc([C@@H]2C[C@@H](C(F)(F)F)n3nc(C(=O)Nc4ccc(C)c(Cl)c4)cc3N2)cc1OC. The summed E-state index contributed by atoms with van der Waals surface area (Å²) in [6.45, 7) is 1.81. The van der Waals surface area contributed by atoms with Crippen LogP contribution in [0.2, 0.25) is 5.02 Å². The van der Waals surface area contributed by atoms with E-state index in [0.717, 1.165) is 10.2 Å². The molecule has 1 aromatic heterocycles. The molecule has 1 aliphatic heterocycles. The van der Waals surface area contributed by atoms with Crippen molar-refractivity contribution in [1.29, 1.82) is 0 Å². The number of amides is 1. The van der Waals surface area contributed by atoms with Crippen molar-refractivity contribution in [3.8, 4) is 11.5 Å². The van der Waals surface area contributed by atoms with Gasteiger partial charge in [-0.15, -0.1) is 0 Å². The molecule has 0 aliphatic carbocycles. The molecule has 1 aliphatic rings. The normalized spacial score (nSPS) is 17.5. The first-order valence-electron chi connectivity index (χ1n) is 10.3. The third-order valence-electron chi connectivity index (χ3n) is 5.66. The van der Waals surface area contributed by atoms with E-state index in [1.165, 1.54) is 20.3 Å². The first-order chi connectivity index (χ1) is 16.1. The third-order valence-corrected chi connectivity index (χ3v) is 6.07. The topological polar surface area (TPSA) is 77.4 Å². The number of alkyl halides is 3. The van der Waals surface area contributed by atoms with Crippen LogP contribution in [0.3, 0.4) is 0 Å². The van der Waals surface area contributed by atoms with Crippen molar-refractivity contribution in [3.63, 3.8) is 0 Å². The van der Waals surface area contributed by atoms with Crippen LogP contribution in [0.15, 0.2) is 42.5 Å². The second-order valence-electron chi connectivity index (χ2n) is 7.88. The standard InChI is InChI=1S/C23H22ClF3N4O3/c1-12-4-6-14(9-15(12)24)28-22(32)17-11-21-29-16(10-20(23(25,26)27)31(21)30-17)13-5-7-18(33-2)19(8-13)34-3/h4-9,11,16,20,29H,10H2,1-3H3,(H,28,32)/t16-,20-/m0/s1. The number of ether oxygens (including phenoxy) is 2. The number of aryl methyl sites for hydroxylation is 1. The Morgan fingerprint density at radius 3 is 2.53 bits per heavy atom. The van der Waals surface area contributed by atoms with Crippen molar-refractivity contribution in [1.82, 2.24) is 9.78 Å². The minimum atomic E-state index is -4.57. The molecule has 0 unspecified atom stereocenters. The van der Waals surface area contributed by atoms with Crippen LogP contribution in [-0.2, 0) is 0 Å². The number of fused-ring (bicyclic) bond motifs is 1. The van der Waals surface area contributed by atoms with Crippen LogP contribution in [0.4, 0.5) is 24.7 Å². The average Bonchev–Trinajstić information content (AvgIpc) is 3.24. The zero-order valence-corrected chi connectivity index (χ0v) is 19.3. The van der Waals surface area contributed by atoms with Gasteiger partial charge in [0, 0.05) is 23.2 Å². The van der Waals surface area contributed by atoms with Gasteiger partial charge >= 0.3 is 6.18 Å². The summed E-state index contributed by atoms with van der Waals surface area (Å²) < 4.78 is 53.2. The fourth-order valence-corrected chi connectivity index (χ4v) is 4.02. The van der Waals surface area contributed by atoms with E-state index in [1.807, 2.05) is 6.92 Å². The minimum Gasteiger partial charge on any atom is -0.493 e. The molecule has 180 valence electrons. The molecular formula is C23H22ClF3N4O3. The number of nitrogens with one attached hydrogen (secondary N) is 2. The molecule has 2 heterocycles. The Morgan fingerprint density at radius 1 is 1.15 bits per heavy atom. The van der Waals surface area contributed by atoms with Crippen LogP contribution in [0, 0.1) is 6.92 Å². The van der Waals surface area contributed by atoms with E-state index >= 15 is 0 Å². The highest BCUT2D eigenvalue weighted by Gasteiger charge is 2.47. The number of hydrogen-bond donors (Lipinski definition) is 2. The van der Waals surface area contributed by atoms with Crippen LogP contribution in [-0.4, -0.2) is 36.1 Å². The lowest BCUT2D eigenvalue weighted by molar-refractivity contribution is -0.173. The number of rotatable bonds is 5. The Kier molecular flexibility index (Phi) is 6.35. The van der Waals surface area contributed by atoms with Crippen molar-refractivity contribution >= 4 is 29.0 Å². The average molecular weight is 495 g/mol. The van der Waals surface area contributed by atoms with Crippen LogP contribution >= 0.6 is 11.6 Å². The van der Waals surface area contributed by atoms with Crippen LogP contribution in [0.5, 0.6) is 11.5 Å². The molecule has 1 amide bonds. The summed E-state index contributed by atoms with van der Waals surface area (Å²) in [5.74, 6) is 0.309. The summed E-state index contributed by atoms with van der Waals surface area (Å²) in [5.41, 5.74) is 1.67. The van der Waals surface area contributed by atoms with E-state index in [0.29, 0.717) is 27.8 Å². The molecule has 4 rings (SSSR count). The van der Waals surface area contributed by atoms with E-state index in [-0.39, 0.29) is 17.9 Å². The van der Waals surface area contributed by atoms with Gasteiger partial charge in [0.15, 0.2) is 23.2 Å². The molecule has 2 aromatic carbocycles. The van der Waals surface area contributed by atoms with Gasteiger partial charge in [0.2, 0.25) is 0 Å². The number of nitrogens with zero attached hydrogens (tertiary/aromatic N) is 2. The number of carbonyl (C=O) groups excluding carboxylic acids is 1. The molecular weight excluding hydrogens is 473 g/mol. The Labute approximate surface area is 198 Å². The van der Waals surface area contributed by atoms with Crippen molar-refractivity contribution < 1.29 is 27.4 Å². The summed E-state index contributed by atoms with van der Waals surface area (Å²) in [6.07, 6.45) is -4.89. The Hall–Kier alpha value is -3.40. The summed E-state index contributed by atoms with van der Waals surface area (Å²) in [7, 11) is 2.93. The molecule has 0 bridgehead atoms. The summed E-state index contributed by atoms with van der Waals surface area (Å²) in [4.78, 5) is 12.7. The molecule has 0 spiro atoms. The first-order valence-corrected chi connectivity index (χ1v) is 10.7. The third kappa shape index (κ3) is 4.63. The highest BCUT2D eigenvalue weighted by atomic mass is 35.5. The van der Waals surface area contributed by atoms with Crippen LogP contribution < -0.4 is 20.1 Å². The first kappa shape index (κ1) is 23.7. The second-order valence-corrected chi connectivity index (χ2v) is 8.29. The number of anilines is 2. The Balaban J connectivity index is 1.64. The van der Waals surface area contributed by atoms with Crippen molar-refractivity contribution in [2.45, 2.75) is 31.6 Å². The van der Waals surface area contributed by atoms with Crippen molar-refractivity contribution in [2.75, 3.05) is 24.9 Å². The lowest BCUT2D eigenvalue weighted by Gasteiger charge is -2.33. The van der Waals surface area contributed by atoms with Gasteiger partial charge in [-0.05, 0) is 42.3 Å². The summed E-state index contributed by atoms with van der Waals surface area (Å²) in [6, 6.07) is 8.57. The van der Waals surface area contributed by atoms with Crippen molar-refractivity contribution in [3.05, 3.63) is 64.3 Å². The summed E-state index contributed by atoms with van der Waals surface area (Å²) in [5, 5.41) is 10.1. The van der Waals surface area contributed by atoms with E-state index in [4.69, 9.17) is 21.1 Å². The molecule has 0 fully saturated rings. The number of benzene rings is 2.